The first-order valence-electron chi connectivity index (χ1n) is 6.01. The Morgan fingerprint density at radius 2 is 1.94 bits per heavy atom. The number of benzene rings is 1. The highest BCUT2D eigenvalue weighted by Gasteiger charge is 2.37. The molecular formula is C15H16S. The molecule has 16 heavy (non-hydrogen) atoms. The summed E-state index contributed by atoms with van der Waals surface area (Å²) in [5, 5.41) is 2.18. The van der Waals surface area contributed by atoms with Crippen molar-refractivity contribution in [2.75, 3.05) is 0 Å². The standard InChI is InChI=1S/C15H16S/c1-2-5-12(6-3-1)15-11-13(15)8-9-14-7-4-10-16-14/h1-7,10,13,15H,8-9,11H2/t13-,15?/m0/s1. The zero-order valence-electron chi connectivity index (χ0n) is 9.30. The van der Waals surface area contributed by atoms with E-state index in [-0.39, 0.29) is 0 Å². The summed E-state index contributed by atoms with van der Waals surface area (Å²) in [7, 11) is 0. The SMILES string of the molecule is c1ccc(C2C[C@@H]2CCc2cccs2)cc1. The van der Waals surface area contributed by atoms with Crippen LogP contribution >= 0.6 is 11.3 Å². The van der Waals surface area contributed by atoms with Crippen molar-refractivity contribution in [3.8, 4) is 0 Å². The average Bonchev–Trinajstić information content (AvgIpc) is 2.93. The number of hydrogen-bond acceptors (Lipinski definition) is 1. The Morgan fingerprint density at radius 3 is 2.69 bits per heavy atom. The molecule has 82 valence electrons. The maximum absolute atomic E-state index is 2.27. The van der Waals surface area contributed by atoms with E-state index in [0.717, 1.165) is 11.8 Å². The van der Waals surface area contributed by atoms with Crippen LogP contribution in [0.15, 0.2) is 47.8 Å². The Bertz CT molecular complexity index is 430. The lowest BCUT2D eigenvalue weighted by molar-refractivity contribution is 0.709. The summed E-state index contributed by atoms with van der Waals surface area (Å²) in [6.45, 7) is 0. The molecule has 0 bridgehead atoms. The Morgan fingerprint density at radius 1 is 1.06 bits per heavy atom. The van der Waals surface area contributed by atoms with E-state index in [2.05, 4.69) is 47.8 Å². The topological polar surface area (TPSA) is 0 Å². The van der Waals surface area contributed by atoms with Gasteiger partial charge in [0.1, 0.15) is 0 Å². The Balaban J connectivity index is 1.53. The van der Waals surface area contributed by atoms with E-state index < -0.39 is 0 Å². The molecule has 0 amide bonds. The van der Waals surface area contributed by atoms with E-state index in [1.807, 2.05) is 11.3 Å². The summed E-state index contributed by atoms with van der Waals surface area (Å²) >= 11 is 1.89. The largest absolute Gasteiger partial charge is 0.149 e. The summed E-state index contributed by atoms with van der Waals surface area (Å²) in [5.41, 5.74) is 1.54. The van der Waals surface area contributed by atoms with Crippen LogP contribution in [0.3, 0.4) is 0 Å². The highest BCUT2D eigenvalue weighted by molar-refractivity contribution is 7.09. The number of aryl methyl sites for hydroxylation is 1. The summed E-state index contributed by atoms with van der Waals surface area (Å²) in [4.78, 5) is 1.54. The van der Waals surface area contributed by atoms with Crippen LogP contribution in [-0.2, 0) is 6.42 Å². The molecule has 0 nitrogen and oxygen atoms in total. The van der Waals surface area contributed by atoms with Crippen molar-refractivity contribution >= 4 is 11.3 Å². The molecule has 2 aromatic rings. The third kappa shape index (κ3) is 2.19. The van der Waals surface area contributed by atoms with E-state index in [4.69, 9.17) is 0 Å². The van der Waals surface area contributed by atoms with E-state index in [1.165, 1.54) is 19.3 Å². The second-order valence-corrected chi connectivity index (χ2v) is 5.66. The van der Waals surface area contributed by atoms with E-state index in [1.54, 1.807) is 10.4 Å². The van der Waals surface area contributed by atoms with Gasteiger partial charge in [0.15, 0.2) is 0 Å². The first-order chi connectivity index (χ1) is 7.93. The lowest BCUT2D eigenvalue weighted by Crippen LogP contribution is -1.86. The van der Waals surface area contributed by atoms with E-state index >= 15 is 0 Å². The monoisotopic (exact) mass is 228 g/mol. The molecule has 1 saturated carbocycles. The normalized spacial score (nSPS) is 23.2. The molecule has 0 spiro atoms. The Hall–Kier alpha value is -1.08. The maximum Gasteiger partial charge on any atom is 0.00453 e. The minimum atomic E-state index is 0.848. The molecule has 3 rings (SSSR count). The van der Waals surface area contributed by atoms with Crippen molar-refractivity contribution in [2.45, 2.75) is 25.2 Å². The molecule has 2 atom stereocenters. The molecule has 1 aromatic heterocycles. The zero-order chi connectivity index (χ0) is 10.8. The fourth-order valence-corrected chi connectivity index (χ4v) is 3.18. The molecule has 1 heterocycles. The van der Waals surface area contributed by atoms with Gasteiger partial charge in [-0.05, 0) is 48.1 Å². The Kier molecular flexibility index (Phi) is 2.79. The lowest BCUT2D eigenvalue weighted by Gasteiger charge is -1.99. The summed E-state index contributed by atoms with van der Waals surface area (Å²) in [6.07, 6.45) is 4.03. The van der Waals surface area contributed by atoms with Crippen LogP contribution in [0.25, 0.3) is 0 Å². The first kappa shape index (κ1) is 10.1. The van der Waals surface area contributed by atoms with Gasteiger partial charge in [-0.2, -0.15) is 0 Å². The minimum absolute atomic E-state index is 0.848. The van der Waals surface area contributed by atoms with Crippen LogP contribution in [-0.4, -0.2) is 0 Å². The van der Waals surface area contributed by atoms with Gasteiger partial charge in [-0.3, -0.25) is 0 Å². The molecule has 0 radical (unpaired) electrons. The lowest BCUT2D eigenvalue weighted by atomic mass is 10.1. The second-order valence-electron chi connectivity index (χ2n) is 4.63. The third-order valence-electron chi connectivity index (χ3n) is 3.49. The van der Waals surface area contributed by atoms with Crippen molar-refractivity contribution in [2.24, 2.45) is 5.92 Å². The molecule has 0 aliphatic heterocycles. The molecule has 0 saturated heterocycles. The van der Waals surface area contributed by atoms with Gasteiger partial charge >= 0.3 is 0 Å². The molecule has 0 N–H and O–H groups in total. The minimum Gasteiger partial charge on any atom is -0.149 e. The summed E-state index contributed by atoms with van der Waals surface area (Å²) < 4.78 is 0. The predicted octanol–water partition coefficient (Wildman–Crippen LogP) is 4.48. The van der Waals surface area contributed by atoms with E-state index in [0.29, 0.717) is 0 Å². The van der Waals surface area contributed by atoms with Gasteiger partial charge in [0, 0.05) is 4.88 Å². The summed E-state index contributed by atoms with van der Waals surface area (Å²) in [5.74, 6) is 1.78. The van der Waals surface area contributed by atoms with Crippen molar-refractivity contribution in [3.05, 3.63) is 58.3 Å². The van der Waals surface area contributed by atoms with Gasteiger partial charge in [0.2, 0.25) is 0 Å². The molecule has 1 unspecified atom stereocenters. The molecule has 1 heteroatoms. The highest BCUT2D eigenvalue weighted by Crippen LogP contribution is 2.49. The quantitative estimate of drug-likeness (QED) is 0.723. The van der Waals surface area contributed by atoms with Gasteiger partial charge in [-0.1, -0.05) is 36.4 Å². The predicted molar refractivity (Wildman–Crippen MR) is 69.9 cm³/mol. The molecular weight excluding hydrogens is 212 g/mol. The number of rotatable bonds is 4. The van der Waals surface area contributed by atoms with Gasteiger partial charge in [0.05, 0.1) is 0 Å². The van der Waals surface area contributed by atoms with Crippen LogP contribution in [0.1, 0.15) is 29.2 Å². The Labute approximate surface area is 101 Å². The van der Waals surface area contributed by atoms with Gasteiger partial charge < -0.3 is 0 Å². The van der Waals surface area contributed by atoms with Gasteiger partial charge in [0.25, 0.3) is 0 Å². The smallest absolute Gasteiger partial charge is 0.00453 e. The molecule has 1 aliphatic rings. The van der Waals surface area contributed by atoms with Gasteiger partial charge in [-0.15, -0.1) is 11.3 Å². The van der Waals surface area contributed by atoms with Crippen molar-refractivity contribution in [1.29, 1.82) is 0 Å². The van der Waals surface area contributed by atoms with Crippen LogP contribution in [0.4, 0.5) is 0 Å². The summed E-state index contributed by atoms with van der Waals surface area (Å²) in [6, 6.07) is 15.4. The first-order valence-corrected chi connectivity index (χ1v) is 6.89. The van der Waals surface area contributed by atoms with Crippen molar-refractivity contribution < 1.29 is 0 Å². The van der Waals surface area contributed by atoms with Crippen LogP contribution in [0, 0.1) is 5.92 Å². The van der Waals surface area contributed by atoms with Crippen molar-refractivity contribution in [1.82, 2.24) is 0 Å². The van der Waals surface area contributed by atoms with Crippen molar-refractivity contribution in [3.63, 3.8) is 0 Å². The number of thiophene rings is 1. The van der Waals surface area contributed by atoms with Crippen LogP contribution in [0.5, 0.6) is 0 Å². The highest BCUT2D eigenvalue weighted by atomic mass is 32.1. The fraction of sp³-hybridized carbons (Fsp3) is 0.333. The average molecular weight is 228 g/mol. The fourth-order valence-electron chi connectivity index (χ4n) is 2.46. The van der Waals surface area contributed by atoms with Gasteiger partial charge in [-0.25, -0.2) is 0 Å². The third-order valence-corrected chi connectivity index (χ3v) is 4.43. The maximum atomic E-state index is 2.27. The molecule has 1 aliphatic carbocycles. The molecule has 1 aromatic carbocycles. The zero-order valence-corrected chi connectivity index (χ0v) is 10.1. The van der Waals surface area contributed by atoms with Crippen LogP contribution in [0.2, 0.25) is 0 Å². The van der Waals surface area contributed by atoms with Crippen LogP contribution < -0.4 is 0 Å². The number of hydrogen-bond donors (Lipinski definition) is 0. The van der Waals surface area contributed by atoms with E-state index in [9.17, 15) is 0 Å². The molecule has 1 fully saturated rings. The second kappa shape index (κ2) is 4.42.